The predicted octanol–water partition coefficient (Wildman–Crippen LogP) is 2.36. The second kappa shape index (κ2) is 5.58. The maximum Gasteiger partial charge on any atom is 0.123 e. The van der Waals surface area contributed by atoms with Crippen molar-refractivity contribution in [3.05, 3.63) is 34.6 Å². The van der Waals surface area contributed by atoms with E-state index in [4.69, 9.17) is 11.6 Å². The summed E-state index contributed by atoms with van der Waals surface area (Å²) in [6.45, 7) is 6.38. The van der Waals surface area contributed by atoms with Gasteiger partial charge in [-0.25, -0.2) is 4.98 Å². The van der Waals surface area contributed by atoms with Crippen LogP contribution in [-0.2, 0) is 19.6 Å². The van der Waals surface area contributed by atoms with Crippen LogP contribution < -0.4 is 5.32 Å². The van der Waals surface area contributed by atoms with Gasteiger partial charge in [0.15, 0.2) is 0 Å². The summed E-state index contributed by atoms with van der Waals surface area (Å²) in [5.41, 5.74) is 1.94. The molecule has 5 nitrogen and oxygen atoms in total. The van der Waals surface area contributed by atoms with E-state index >= 15 is 0 Å². The van der Waals surface area contributed by atoms with Crippen LogP contribution in [0.2, 0.25) is 5.02 Å². The van der Waals surface area contributed by atoms with Crippen molar-refractivity contribution in [1.29, 1.82) is 0 Å². The monoisotopic (exact) mass is 293 g/mol. The topological polar surface area (TPSA) is 47.7 Å². The Morgan fingerprint density at radius 1 is 1.45 bits per heavy atom. The lowest BCUT2D eigenvalue weighted by atomic mass is 10.3. The normalized spacial score (nSPS) is 14.9. The largest absolute Gasteiger partial charge is 0.328 e. The molecule has 0 spiro atoms. The van der Waals surface area contributed by atoms with Crippen LogP contribution in [0.25, 0.3) is 0 Å². The molecule has 0 radical (unpaired) electrons. The van der Waals surface area contributed by atoms with Gasteiger partial charge in [-0.15, -0.1) is 0 Å². The molecule has 2 aromatic heterocycles. The highest BCUT2D eigenvalue weighted by molar-refractivity contribution is 6.31. The van der Waals surface area contributed by atoms with Gasteiger partial charge >= 0.3 is 0 Å². The molecule has 1 fully saturated rings. The van der Waals surface area contributed by atoms with Crippen molar-refractivity contribution in [2.24, 2.45) is 0 Å². The van der Waals surface area contributed by atoms with E-state index in [-0.39, 0.29) is 0 Å². The average molecular weight is 294 g/mol. The van der Waals surface area contributed by atoms with Gasteiger partial charge in [0.2, 0.25) is 0 Å². The summed E-state index contributed by atoms with van der Waals surface area (Å²) < 4.78 is 4.11. The zero-order valence-corrected chi connectivity index (χ0v) is 12.7. The number of hydrogen-bond acceptors (Lipinski definition) is 3. The molecule has 0 bridgehead atoms. The Kier molecular flexibility index (Phi) is 3.81. The minimum Gasteiger partial charge on any atom is -0.328 e. The SMILES string of the molecule is CCn1nc(C)c(Cl)c1Cn1ccnc1CNC1CC1. The number of aromatic nitrogens is 4. The standard InChI is InChI=1S/C14H20ClN5/c1-3-20-12(14(15)10(2)18-20)9-19-7-6-16-13(19)8-17-11-4-5-11/h6-7,11,17H,3-5,8-9H2,1-2H3. The van der Waals surface area contributed by atoms with E-state index in [0.717, 1.165) is 41.9 Å². The minimum atomic E-state index is 0.687. The van der Waals surface area contributed by atoms with E-state index < -0.39 is 0 Å². The first kappa shape index (κ1) is 13.6. The molecule has 20 heavy (non-hydrogen) atoms. The number of rotatable bonds is 6. The van der Waals surface area contributed by atoms with Crippen LogP contribution in [0.5, 0.6) is 0 Å². The quantitative estimate of drug-likeness (QED) is 0.889. The molecule has 0 aliphatic heterocycles. The van der Waals surface area contributed by atoms with Gasteiger partial charge in [0.25, 0.3) is 0 Å². The van der Waals surface area contributed by atoms with Gasteiger partial charge < -0.3 is 9.88 Å². The summed E-state index contributed by atoms with van der Waals surface area (Å²) in [5, 5.41) is 8.72. The van der Waals surface area contributed by atoms with E-state index in [0.29, 0.717) is 6.04 Å². The summed E-state index contributed by atoms with van der Waals surface area (Å²) >= 11 is 6.37. The Labute approximate surface area is 124 Å². The molecule has 1 N–H and O–H groups in total. The highest BCUT2D eigenvalue weighted by Crippen LogP contribution is 2.22. The molecule has 0 atom stereocenters. The van der Waals surface area contributed by atoms with E-state index in [1.807, 2.05) is 24.0 Å². The fraction of sp³-hybridized carbons (Fsp3) is 0.571. The zero-order valence-electron chi connectivity index (χ0n) is 11.9. The lowest BCUT2D eigenvalue weighted by Gasteiger charge is -2.10. The first-order valence-corrected chi connectivity index (χ1v) is 7.52. The van der Waals surface area contributed by atoms with Crippen molar-refractivity contribution < 1.29 is 0 Å². The first-order valence-electron chi connectivity index (χ1n) is 7.14. The second-order valence-corrected chi connectivity index (χ2v) is 5.67. The molecular formula is C14H20ClN5. The van der Waals surface area contributed by atoms with Crippen LogP contribution in [-0.4, -0.2) is 25.4 Å². The Morgan fingerprint density at radius 3 is 2.95 bits per heavy atom. The summed E-state index contributed by atoms with van der Waals surface area (Å²) in [6.07, 6.45) is 6.42. The molecule has 1 aliphatic rings. The smallest absolute Gasteiger partial charge is 0.123 e. The van der Waals surface area contributed by atoms with Crippen LogP contribution >= 0.6 is 11.6 Å². The number of imidazole rings is 1. The van der Waals surface area contributed by atoms with Gasteiger partial charge in [-0.05, 0) is 26.7 Å². The van der Waals surface area contributed by atoms with Gasteiger partial charge in [0.1, 0.15) is 5.82 Å². The minimum absolute atomic E-state index is 0.687. The molecule has 0 amide bonds. The third kappa shape index (κ3) is 2.74. The Hall–Kier alpha value is -1.33. The van der Waals surface area contributed by atoms with Crippen molar-refractivity contribution >= 4 is 11.6 Å². The van der Waals surface area contributed by atoms with Gasteiger partial charge in [0.05, 0.1) is 29.5 Å². The summed E-state index contributed by atoms with van der Waals surface area (Å²) in [5.74, 6) is 1.05. The summed E-state index contributed by atoms with van der Waals surface area (Å²) in [6, 6.07) is 0.687. The second-order valence-electron chi connectivity index (χ2n) is 5.29. The predicted molar refractivity (Wildman–Crippen MR) is 78.8 cm³/mol. The first-order chi connectivity index (χ1) is 9.69. The van der Waals surface area contributed by atoms with Crippen LogP contribution in [0.1, 0.15) is 37.0 Å². The van der Waals surface area contributed by atoms with Gasteiger partial charge in [0, 0.05) is 25.0 Å². The molecule has 0 aromatic carbocycles. The molecule has 0 unspecified atom stereocenters. The lowest BCUT2D eigenvalue weighted by molar-refractivity contribution is 0.572. The fourth-order valence-electron chi connectivity index (χ4n) is 2.36. The third-order valence-corrected chi connectivity index (χ3v) is 4.19. The van der Waals surface area contributed by atoms with E-state index in [1.165, 1.54) is 12.8 Å². The van der Waals surface area contributed by atoms with E-state index in [9.17, 15) is 0 Å². The maximum absolute atomic E-state index is 6.37. The van der Waals surface area contributed by atoms with Crippen molar-refractivity contribution in [3.8, 4) is 0 Å². The lowest BCUT2D eigenvalue weighted by Crippen LogP contribution is -2.19. The summed E-state index contributed by atoms with van der Waals surface area (Å²) in [7, 11) is 0. The van der Waals surface area contributed by atoms with Crippen molar-refractivity contribution in [2.45, 2.75) is 52.4 Å². The van der Waals surface area contributed by atoms with Crippen LogP contribution in [0, 0.1) is 6.92 Å². The number of nitrogens with zero attached hydrogens (tertiary/aromatic N) is 4. The molecule has 6 heteroatoms. The van der Waals surface area contributed by atoms with Crippen LogP contribution in [0.3, 0.4) is 0 Å². The van der Waals surface area contributed by atoms with Crippen LogP contribution in [0.15, 0.2) is 12.4 Å². The molecule has 1 aliphatic carbocycles. The molecule has 3 rings (SSSR count). The van der Waals surface area contributed by atoms with E-state index in [1.54, 1.807) is 0 Å². The third-order valence-electron chi connectivity index (χ3n) is 3.70. The number of nitrogens with one attached hydrogen (secondary N) is 1. The number of aryl methyl sites for hydroxylation is 2. The molecule has 2 heterocycles. The molecule has 108 valence electrons. The van der Waals surface area contributed by atoms with Crippen molar-refractivity contribution in [1.82, 2.24) is 24.6 Å². The van der Waals surface area contributed by atoms with Gasteiger partial charge in [-0.3, -0.25) is 4.68 Å². The van der Waals surface area contributed by atoms with Crippen molar-refractivity contribution in [3.63, 3.8) is 0 Å². The Morgan fingerprint density at radius 2 is 2.25 bits per heavy atom. The highest BCUT2D eigenvalue weighted by atomic mass is 35.5. The Balaban J connectivity index is 1.78. The highest BCUT2D eigenvalue weighted by Gasteiger charge is 2.21. The van der Waals surface area contributed by atoms with E-state index in [2.05, 4.69) is 26.9 Å². The molecule has 1 saturated carbocycles. The Bertz CT molecular complexity index is 597. The molecule has 0 saturated heterocycles. The van der Waals surface area contributed by atoms with Gasteiger partial charge in [-0.1, -0.05) is 11.6 Å². The van der Waals surface area contributed by atoms with Crippen molar-refractivity contribution in [2.75, 3.05) is 0 Å². The summed E-state index contributed by atoms with van der Waals surface area (Å²) in [4.78, 5) is 4.43. The molecular weight excluding hydrogens is 274 g/mol. The number of halogens is 1. The maximum atomic E-state index is 6.37. The zero-order chi connectivity index (χ0) is 14.1. The fourth-order valence-corrected chi connectivity index (χ4v) is 2.55. The van der Waals surface area contributed by atoms with Crippen LogP contribution in [0.4, 0.5) is 0 Å². The number of hydrogen-bond donors (Lipinski definition) is 1. The average Bonchev–Trinajstić information content (AvgIpc) is 3.11. The van der Waals surface area contributed by atoms with Gasteiger partial charge in [-0.2, -0.15) is 5.10 Å². The molecule has 2 aromatic rings.